The minimum absolute atomic E-state index is 0.0769. The van der Waals surface area contributed by atoms with Gasteiger partial charge in [-0.25, -0.2) is 4.79 Å². The van der Waals surface area contributed by atoms with Crippen molar-refractivity contribution in [2.24, 2.45) is 0 Å². The highest BCUT2D eigenvalue weighted by molar-refractivity contribution is 5.91. The van der Waals surface area contributed by atoms with Crippen LogP contribution >= 0.6 is 0 Å². The molecule has 0 aliphatic rings. The van der Waals surface area contributed by atoms with Crippen molar-refractivity contribution < 1.29 is 20.1 Å². The summed E-state index contributed by atoms with van der Waals surface area (Å²) in [6, 6.07) is 6.46. The van der Waals surface area contributed by atoms with Crippen LogP contribution in [0.4, 0.5) is 0 Å². The van der Waals surface area contributed by atoms with E-state index in [1.54, 1.807) is 6.07 Å². The fourth-order valence-electron chi connectivity index (χ4n) is 2.44. The van der Waals surface area contributed by atoms with Gasteiger partial charge in [0.15, 0.2) is 0 Å². The van der Waals surface area contributed by atoms with Crippen molar-refractivity contribution in [2.45, 2.75) is 20.3 Å². The smallest absolute Gasteiger partial charge is 0.339 e. The first kappa shape index (κ1) is 14.1. The average molecular weight is 275 g/mol. The zero-order valence-electron chi connectivity index (χ0n) is 11.4. The number of phenols is 1. The van der Waals surface area contributed by atoms with E-state index in [4.69, 9.17) is 10.2 Å². The number of carboxylic acids is 1. The van der Waals surface area contributed by atoms with Crippen LogP contribution in [0.2, 0.25) is 0 Å². The van der Waals surface area contributed by atoms with Gasteiger partial charge in [0.05, 0.1) is 0 Å². The zero-order chi connectivity index (χ0) is 14.9. The van der Waals surface area contributed by atoms with Crippen molar-refractivity contribution in [2.75, 3.05) is 6.61 Å². The number of aryl methyl sites for hydroxylation is 1. The van der Waals surface area contributed by atoms with Crippen LogP contribution < -0.4 is 0 Å². The summed E-state index contributed by atoms with van der Waals surface area (Å²) in [5.74, 6) is -1.41. The monoisotopic (exact) mass is 275 g/mol. The summed E-state index contributed by atoms with van der Waals surface area (Å²) < 4.78 is 1.93. The molecule has 1 aromatic carbocycles. The lowest BCUT2D eigenvalue weighted by Crippen LogP contribution is -2.02. The maximum absolute atomic E-state index is 10.9. The molecular formula is C15H17NO4. The largest absolute Gasteiger partial charge is 0.507 e. The third-order valence-corrected chi connectivity index (χ3v) is 3.39. The molecule has 0 radical (unpaired) electrons. The Bertz CT molecular complexity index is 658. The Morgan fingerprint density at radius 1 is 1.25 bits per heavy atom. The molecule has 2 aromatic rings. The second-order valence-electron chi connectivity index (χ2n) is 4.71. The highest BCUT2D eigenvalue weighted by atomic mass is 16.4. The van der Waals surface area contributed by atoms with E-state index in [9.17, 15) is 9.90 Å². The zero-order valence-corrected chi connectivity index (χ0v) is 11.4. The SMILES string of the molecule is Cc1cc(CCO)c(C)n1-c1ccc(C(=O)O)c(O)c1. The van der Waals surface area contributed by atoms with Crippen LogP contribution in [0.3, 0.4) is 0 Å². The van der Waals surface area contributed by atoms with Crippen LogP contribution in [0.5, 0.6) is 5.75 Å². The number of rotatable bonds is 4. The molecule has 0 amide bonds. The fourth-order valence-corrected chi connectivity index (χ4v) is 2.44. The molecule has 0 bridgehead atoms. The quantitative estimate of drug-likeness (QED) is 0.797. The predicted molar refractivity (Wildman–Crippen MR) is 74.7 cm³/mol. The summed E-state index contributed by atoms with van der Waals surface area (Å²) in [6.45, 7) is 3.93. The number of aliphatic hydroxyl groups excluding tert-OH is 1. The predicted octanol–water partition coefficient (Wildman–Crippen LogP) is 2.03. The number of aromatic hydroxyl groups is 1. The summed E-state index contributed by atoms with van der Waals surface area (Å²) in [7, 11) is 0. The summed E-state index contributed by atoms with van der Waals surface area (Å²) in [5.41, 5.74) is 3.55. The van der Waals surface area contributed by atoms with Crippen LogP contribution in [0.25, 0.3) is 5.69 Å². The maximum atomic E-state index is 10.9. The summed E-state index contributed by atoms with van der Waals surface area (Å²) in [5, 5.41) is 27.7. The number of aliphatic hydroxyl groups is 1. The Balaban J connectivity index is 2.52. The number of hydrogen-bond donors (Lipinski definition) is 3. The molecule has 0 saturated carbocycles. The van der Waals surface area contributed by atoms with Crippen molar-refractivity contribution in [3.63, 3.8) is 0 Å². The van der Waals surface area contributed by atoms with E-state index >= 15 is 0 Å². The van der Waals surface area contributed by atoms with Gasteiger partial charge in [0.25, 0.3) is 0 Å². The molecule has 0 unspecified atom stereocenters. The molecule has 1 heterocycles. The number of benzene rings is 1. The highest BCUT2D eigenvalue weighted by Crippen LogP contribution is 2.26. The van der Waals surface area contributed by atoms with Crippen LogP contribution in [0.15, 0.2) is 24.3 Å². The number of carbonyl (C=O) groups is 1. The van der Waals surface area contributed by atoms with Crippen molar-refractivity contribution in [1.82, 2.24) is 4.57 Å². The Hall–Kier alpha value is -2.27. The number of nitrogens with zero attached hydrogens (tertiary/aromatic N) is 1. The molecule has 0 atom stereocenters. The van der Waals surface area contributed by atoms with Crippen LogP contribution in [0.1, 0.15) is 27.3 Å². The molecule has 5 nitrogen and oxygen atoms in total. The highest BCUT2D eigenvalue weighted by Gasteiger charge is 2.14. The molecular weight excluding hydrogens is 258 g/mol. The van der Waals surface area contributed by atoms with Crippen LogP contribution in [0, 0.1) is 13.8 Å². The fraction of sp³-hybridized carbons (Fsp3) is 0.267. The summed E-state index contributed by atoms with van der Waals surface area (Å²) in [4.78, 5) is 10.9. The van der Waals surface area contributed by atoms with E-state index in [0.717, 1.165) is 17.0 Å². The standard InChI is InChI=1S/C15H17NO4/c1-9-7-11(5-6-17)10(2)16(9)12-3-4-13(15(19)20)14(18)8-12/h3-4,7-8,17-18H,5-6H2,1-2H3,(H,19,20). The Labute approximate surface area is 116 Å². The molecule has 1 aromatic heterocycles. The molecule has 0 fully saturated rings. The van der Waals surface area contributed by atoms with Crippen LogP contribution in [-0.2, 0) is 6.42 Å². The van der Waals surface area contributed by atoms with Crippen molar-refractivity contribution in [1.29, 1.82) is 0 Å². The molecule has 0 spiro atoms. The van der Waals surface area contributed by atoms with Crippen molar-refractivity contribution in [3.05, 3.63) is 46.8 Å². The van der Waals surface area contributed by atoms with Gasteiger partial charge in [0.1, 0.15) is 11.3 Å². The second-order valence-corrected chi connectivity index (χ2v) is 4.71. The number of hydrogen-bond acceptors (Lipinski definition) is 3. The third-order valence-electron chi connectivity index (χ3n) is 3.39. The van der Waals surface area contributed by atoms with E-state index < -0.39 is 5.97 Å². The van der Waals surface area contributed by atoms with Gasteiger partial charge in [0, 0.05) is 29.7 Å². The van der Waals surface area contributed by atoms with Gasteiger partial charge in [-0.2, -0.15) is 0 Å². The molecule has 3 N–H and O–H groups in total. The molecule has 0 aliphatic heterocycles. The summed E-state index contributed by atoms with van der Waals surface area (Å²) >= 11 is 0. The second kappa shape index (κ2) is 5.38. The molecule has 5 heteroatoms. The number of aromatic carboxylic acids is 1. The normalized spacial score (nSPS) is 10.8. The van der Waals surface area contributed by atoms with E-state index in [1.165, 1.54) is 12.1 Å². The van der Waals surface area contributed by atoms with E-state index in [1.807, 2.05) is 24.5 Å². The van der Waals surface area contributed by atoms with Gasteiger partial charge < -0.3 is 19.9 Å². The first-order valence-electron chi connectivity index (χ1n) is 6.31. The van der Waals surface area contributed by atoms with E-state index in [2.05, 4.69) is 0 Å². The first-order chi connectivity index (χ1) is 9.45. The number of carboxylic acid groups (broad SMARTS) is 1. The molecule has 0 aliphatic carbocycles. The van der Waals surface area contributed by atoms with Gasteiger partial charge in [0.2, 0.25) is 0 Å². The van der Waals surface area contributed by atoms with Gasteiger partial charge >= 0.3 is 5.97 Å². The molecule has 0 saturated heterocycles. The lowest BCUT2D eigenvalue weighted by atomic mass is 10.1. The van der Waals surface area contributed by atoms with E-state index in [0.29, 0.717) is 12.1 Å². The molecule has 2 rings (SSSR count). The van der Waals surface area contributed by atoms with Crippen LogP contribution in [-0.4, -0.2) is 32.5 Å². The number of aromatic nitrogens is 1. The Morgan fingerprint density at radius 3 is 2.50 bits per heavy atom. The Kier molecular flexibility index (Phi) is 3.81. The average Bonchev–Trinajstić information content (AvgIpc) is 2.64. The topological polar surface area (TPSA) is 82.7 Å². The first-order valence-corrected chi connectivity index (χ1v) is 6.31. The maximum Gasteiger partial charge on any atom is 0.339 e. The van der Waals surface area contributed by atoms with Gasteiger partial charge in [-0.1, -0.05) is 0 Å². The molecule has 20 heavy (non-hydrogen) atoms. The van der Waals surface area contributed by atoms with Gasteiger partial charge in [-0.15, -0.1) is 0 Å². The third kappa shape index (κ3) is 2.40. The molecule has 106 valence electrons. The van der Waals surface area contributed by atoms with Gasteiger partial charge in [-0.3, -0.25) is 0 Å². The Morgan fingerprint density at radius 2 is 1.95 bits per heavy atom. The van der Waals surface area contributed by atoms with Crippen molar-refractivity contribution in [3.8, 4) is 11.4 Å². The van der Waals surface area contributed by atoms with Crippen molar-refractivity contribution >= 4 is 5.97 Å². The summed E-state index contributed by atoms with van der Waals surface area (Å²) in [6.07, 6.45) is 0.568. The van der Waals surface area contributed by atoms with E-state index in [-0.39, 0.29) is 17.9 Å². The minimum Gasteiger partial charge on any atom is -0.507 e. The lowest BCUT2D eigenvalue weighted by molar-refractivity contribution is 0.0694. The lowest BCUT2D eigenvalue weighted by Gasteiger charge is -2.11. The van der Waals surface area contributed by atoms with Gasteiger partial charge in [-0.05, 0) is 44.0 Å². The minimum atomic E-state index is -1.16.